The summed E-state index contributed by atoms with van der Waals surface area (Å²) in [4.78, 5) is 31.8. The third kappa shape index (κ3) is 5.02. The lowest BCUT2D eigenvalue weighted by atomic mass is 9.90. The van der Waals surface area contributed by atoms with Gasteiger partial charge in [-0.2, -0.15) is 0 Å². The van der Waals surface area contributed by atoms with E-state index in [4.69, 9.17) is 4.74 Å². The van der Waals surface area contributed by atoms with E-state index in [0.717, 1.165) is 23.1 Å². The first-order chi connectivity index (χ1) is 16.0. The number of rotatable bonds is 7. The summed E-state index contributed by atoms with van der Waals surface area (Å²) in [5, 5.41) is 2.11. The van der Waals surface area contributed by atoms with Crippen LogP contribution in [0.25, 0.3) is 0 Å². The van der Waals surface area contributed by atoms with Crippen LogP contribution in [0.15, 0.2) is 60.0 Å². The minimum Gasteiger partial charge on any atom is -0.383 e. The molecule has 5 nitrogen and oxygen atoms in total. The molecule has 1 aromatic heterocycles. The monoisotopic (exact) mass is 462 g/mol. The Hall–Kier alpha value is -2.96. The maximum atomic E-state index is 13.7. The number of carbonyl (C=O) groups excluding carboxylic acids is 2. The number of carbonyl (C=O) groups is 2. The molecule has 0 saturated heterocycles. The molecule has 6 heteroatoms. The number of fused-ring (bicyclic) bond motifs is 1. The van der Waals surface area contributed by atoms with E-state index in [9.17, 15) is 9.59 Å². The van der Waals surface area contributed by atoms with Crippen molar-refractivity contribution in [3.63, 3.8) is 0 Å². The summed E-state index contributed by atoms with van der Waals surface area (Å²) in [5.41, 5.74) is 5.16. The fourth-order valence-electron chi connectivity index (χ4n) is 4.40. The summed E-state index contributed by atoms with van der Waals surface area (Å²) >= 11 is 1.75. The maximum absolute atomic E-state index is 13.7. The third-order valence-electron chi connectivity index (χ3n) is 6.25. The van der Waals surface area contributed by atoms with Gasteiger partial charge in [-0.15, -0.1) is 11.3 Å². The molecule has 0 spiro atoms. The highest BCUT2D eigenvalue weighted by molar-refractivity contribution is 7.10. The van der Waals surface area contributed by atoms with Gasteiger partial charge in [0.25, 0.3) is 5.91 Å². The normalized spacial score (nSPS) is 15.2. The first-order valence-electron chi connectivity index (χ1n) is 11.3. The fourth-order valence-corrected chi connectivity index (χ4v) is 5.30. The molecule has 0 fully saturated rings. The molecular formula is C27H30N2O3S. The molecule has 0 saturated carbocycles. The van der Waals surface area contributed by atoms with Crippen LogP contribution < -0.4 is 0 Å². The molecule has 1 unspecified atom stereocenters. The lowest BCUT2D eigenvalue weighted by Gasteiger charge is -2.38. The van der Waals surface area contributed by atoms with Gasteiger partial charge in [0, 0.05) is 30.6 Å². The number of nitrogens with zero attached hydrogens (tertiary/aromatic N) is 2. The van der Waals surface area contributed by atoms with Gasteiger partial charge < -0.3 is 14.5 Å². The molecule has 1 aliphatic heterocycles. The average Bonchev–Trinajstić information content (AvgIpc) is 3.30. The van der Waals surface area contributed by atoms with E-state index in [1.54, 1.807) is 23.3 Å². The van der Waals surface area contributed by atoms with Crippen molar-refractivity contribution >= 4 is 23.2 Å². The van der Waals surface area contributed by atoms with Crippen LogP contribution in [0.2, 0.25) is 0 Å². The smallest absolute Gasteiger partial charge is 0.254 e. The van der Waals surface area contributed by atoms with Gasteiger partial charge in [-0.25, -0.2) is 0 Å². The molecule has 4 rings (SSSR count). The molecule has 2 aromatic carbocycles. The number of hydrogen-bond donors (Lipinski definition) is 0. The van der Waals surface area contributed by atoms with Crippen molar-refractivity contribution in [1.29, 1.82) is 0 Å². The van der Waals surface area contributed by atoms with Crippen LogP contribution in [-0.4, -0.2) is 55.0 Å². The first-order valence-corrected chi connectivity index (χ1v) is 12.1. The van der Waals surface area contributed by atoms with Crippen LogP contribution in [0, 0.1) is 13.8 Å². The SMILES string of the molecule is COCCN(CC(=O)N1CCc2sccc2C1c1ccccc1C)C(=O)c1ccc(C)cc1. The highest BCUT2D eigenvalue weighted by atomic mass is 32.1. The Bertz CT molecular complexity index is 1120. The van der Waals surface area contributed by atoms with Crippen LogP contribution in [0.1, 0.15) is 43.5 Å². The summed E-state index contributed by atoms with van der Waals surface area (Å²) in [5.74, 6) is -0.197. The number of ether oxygens (including phenoxy) is 1. The Morgan fingerprint density at radius 3 is 2.55 bits per heavy atom. The lowest BCUT2D eigenvalue weighted by molar-refractivity contribution is -0.134. The van der Waals surface area contributed by atoms with Crippen LogP contribution in [-0.2, 0) is 16.0 Å². The average molecular weight is 463 g/mol. The second kappa shape index (κ2) is 10.3. The molecule has 0 N–H and O–H groups in total. The number of methoxy groups -OCH3 is 1. The molecule has 0 aliphatic carbocycles. The molecule has 1 aliphatic rings. The summed E-state index contributed by atoms with van der Waals surface area (Å²) in [6.45, 7) is 5.48. The summed E-state index contributed by atoms with van der Waals surface area (Å²) in [7, 11) is 1.60. The predicted molar refractivity (Wildman–Crippen MR) is 132 cm³/mol. The summed E-state index contributed by atoms with van der Waals surface area (Å²) < 4.78 is 5.23. The van der Waals surface area contributed by atoms with Gasteiger partial charge in [-0.1, -0.05) is 42.0 Å². The predicted octanol–water partition coefficient (Wildman–Crippen LogP) is 4.63. The molecule has 1 atom stereocenters. The van der Waals surface area contributed by atoms with Gasteiger partial charge in [-0.05, 0) is 60.5 Å². The number of aryl methyl sites for hydroxylation is 2. The molecule has 2 heterocycles. The molecule has 172 valence electrons. The first kappa shape index (κ1) is 23.2. The zero-order chi connectivity index (χ0) is 23.4. The number of amides is 2. The number of benzene rings is 2. The van der Waals surface area contributed by atoms with Crippen molar-refractivity contribution in [3.05, 3.63) is 92.7 Å². The Morgan fingerprint density at radius 2 is 1.82 bits per heavy atom. The fraction of sp³-hybridized carbons (Fsp3) is 0.333. The maximum Gasteiger partial charge on any atom is 0.254 e. The zero-order valence-corrected chi connectivity index (χ0v) is 20.2. The standard InChI is InChI=1S/C27H30N2O3S/c1-19-8-10-21(11-9-19)27(31)28(15-16-32-3)18-25(30)29-14-12-24-23(13-17-33-24)26(29)22-7-5-4-6-20(22)2/h4-11,13,17,26H,12,14-16,18H2,1-3H3. The van der Waals surface area contributed by atoms with Gasteiger partial charge in [0.1, 0.15) is 6.54 Å². The molecular weight excluding hydrogens is 432 g/mol. The lowest BCUT2D eigenvalue weighted by Crippen LogP contribution is -2.47. The van der Waals surface area contributed by atoms with Crippen LogP contribution >= 0.6 is 11.3 Å². The molecule has 33 heavy (non-hydrogen) atoms. The van der Waals surface area contributed by atoms with Crippen molar-refractivity contribution in [3.8, 4) is 0 Å². The molecule has 0 radical (unpaired) electrons. The van der Waals surface area contributed by atoms with Gasteiger partial charge in [0.05, 0.1) is 12.6 Å². The van der Waals surface area contributed by atoms with Crippen LogP contribution in [0.3, 0.4) is 0 Å². The van der Waals surface area contributed by atoms with Gasteiger partial charge in [0.15, 0.2) is 0 Å². The quantitative estimate of drug-likeness (QED) is 0.515. The van der Waals surface area contributed by atoms with E-state index in [-0.39, 0.29) is 24.4 Å². The highest BCUT2D eigenvalue weighted by Crippen LogP contribution is 2.39. The van der Waals surface area contributed by atoms with E-state index >= 15 is 0 Å². The summed E-state index contributed by atoms with van der Waals surface area (Å²) in [6.07, 6.45) is 0.838. The number of thiophene rings is 1. The van der Waals surface area contributed by atoms with Gasteiger partial charge in [0.2, 0.25) is 5.91 Å². The zero-order valence-electron chi connectivity index (χ0n) is 19.4. The van der Waals surface area contributed by atoms with Crippen molar-refractivity contribution in [2.24, 2.45) is 0 Å². The second-order valence-electron chi connectivity index (χ2n) is 8.48. The van der Waals surface area contributed by atoms with Gasteiger partial charge >= 0.3 is 0 Å². The van der Waals surface area contributed by atoms with Crippen molar-refractivity contribution in [1.82, 2.24) is 9.80 Å². The Kier molecular flexibility index (Phi) is 7.26. The van der Waals surface area contributed by atoms with E-state index in [1.165, 1.54) is 10.4 Å². The van der Waals surface area contributed by atoms with Crippen molar-refractivity contribution < 1.29 is 14.3 Å². The minimum atomic E-state index is -0.152. The van der Waals surface area contributed by atoms with Gasteiger partial charge in [-0.3, -0.25) is 9.59 Å². The van der Waals surface area contributed by atoms with Crippen LogP contribution in [0.5, 0.6) is 0 Å². The van der Waals surface area contributed by atoms with E-state index in [0.29, 0.717) is 25.3 Å². The Morgan fingerprint density at radius 1 is 1.06 bits per heavy atom. The third-order valence-corrected chi connectivity index (χ3v) is 7.24. The topological polar surface area (TPSA) is 49.9 Å². The van der Waals surface area contributed by atoms with Crippen molar-refractivity contribution in [2.45, 2.75) is 26.3 Å². The number of hydrogen-bond acceptors (Lipinski definition) is 4. The molecule has 2 amide bonds. The largest absolute Gasteiger partial charge is 0.383 e. The molecule has 0 bridgehead atoms. The Labute approximate surface area is 199 Å². The summed E-state index contributed by atoms with van der Waals surface area (Å²) in [6, 6.07) is 17.7. The molecule has 3 aromatic rings. The van der Waals surface area contributed by atoms with E-state index in [1.807, 2.05) is 48.2 Å². The Balaban J connectivity index is 1.62. The second-order valence-corrected chi connectivity index (χ2v) is 9.48. The highest BCUT2D eigenvalue weighted by Gasteiger charge is 2.34. The van der Waals surface area contributed by atoms with Crippen molar-refractivity contribution in [2.75, 3.05) is 33.4 Å². The minimum absolute atomic E-state index is 0.0257. The van der Waals surface area contributed by atoms with Crippen LogP contribution in [0.4, 0.5) is 0 Å². The van der Waals surface area contributed by atoms with E-state index in [2.05, 4.69) is 30.5 Å². The van der Waals surface area contributed by atoms with E-state index < -0.39 is 0 Å².